The Morgan fingerprint density at radius 1 is 0.690 bits per heavy atom. The van der Waals surface area contributed by atoms with E-state index >= 15 is 0 Å². The molecule has 0 spiro atoms. The van der Waals surface area contributed by atoms with Gasteiger partial charge in [0.15, 0.2) is 0 Å². The highest BCUT2D eigenvalue weighted by Gasteiger charge is 2.22. The van der Waals surface area contributed by atoms with Crippen LogP contribution in [0.2, 0.25) is 19.6 Å². The Morgan fingerprint density at radius 2 is 1.31 bits per heavy atom. The molecule has 0 aromatic heterocycles. The van der Waals surface area contributed by atoms with Gasteiger partial charge in [-0.05, 0) is 52.6 Å². The number of benzene rings is 3. The lowest BCUT2D eigenvalue weighted by atomic mass is 9.97. The summed E-state index contributed by atoms with van der Waals surface area (Å²) >= 11 is 0. The molecule has 0 atom stereocenters. The van der Waals surface area contributed by atoms with Crippen molar-refractivity contribution in [2.45, 2.75) is 39.4 Å². The molecule has 0 aliphatic heterocycles. The number of hydrogen-bond donors (Lipinski definition) is 0. The zero-order valence-corrected chi connectivity index (χ0v) is 18.0. The molecule has 0 radical (unpaired) electrons. The fraction of sp³-hybridized carbons (Fsp3) is 0.250. The van der Waals surface area contributed by atoms with Crippen molar-refractivity contribution in [1.82, 2.24) is 0 Å². The van der Waals surface area contributed by atoms with E-state index < -0.39 is 31.1 Å². The molecular weight excluding hydrogens is 392 g/mol. The molecule has 0 unspecified atom stereocenters. The lowest BCUT2D eigenvalue weighted by Crippen LogP contribution is -2.39. The first kappa shape index (κ1) is 21.3. The Labute approximate surface area is 170 Å². The van der Waals surface area contributed by atoms with Crippen LogP contribution in [0, 0.1) is 23.3 Å². The first-order valence-corrected chi connectivity index (χ1v) is 13.2. The summed E-state index contributed by atoms with van der Waals surface area (Å²) in [6.45, 7) is 8.06. The summed E-state index contributed by atoms with van der Waals surface area (Å²) in [5.41, 5.74) is 0.852. The highest BCUT2D eigenvalue weighted by molar-refractivity contribution is 6.88. The van der Waals surface area contributed by atoms with Gasteiger partial charge in [0.1, 0.15) is 23.3 Å². The van der Waals surface area contributed by atoms with Crippen molar-refractivity contribution in [3.63, 3.8) is 0 Å². The normalized spacial score (nSPS) is 11.7. The molecule has 3 rings (SSSR count). The average molecular weight is 417 g/mol. The Kier molecular flexibility index (Phi) is 5.99. The quantitative estimate of drug-likeness (QED) is 0.308. The van der Waals surface area contributed by atoms with Gasteiger partial charge in [-0.15, -0.1) is 0 Å². The molecule has 0 fully saturated rings. The lowest BCUT2D eigenvalue weighted by Gasteiger charge is -2.18. The van der Waals surface area contributed by atoms with Crippen LogP contribution in [0.1, 0.15) is 18.9 Å². The van der Waals surface area contributed by atoms with Crippen molar-refractivity contribution in [2.24, 2.45) is 0 Å². The van der Waals surface area contributed by atoms with E-state index in [-0.39, 0.29) is 16.9 Å². The second-order valence-electron chi connectivity index (χ2n) is 8.32. The van der Waals surface area contributed by atoms with E-state index in [0.29, 0.717) is 17.2 Å². The Bertz CT molecular complexity index is 1030. The maximum absolute atomic E-state index is 14.8. The molecule has 3 aromatic rings. The molecule has 0 N–H and O–H groups in total. The summed E-state index contributed by atoms with van der Waals surface area (Å²) in [4.78, 5) is 0. The molecule has 0 aliphatic rings. The smallest absolute Gasteiger partial charge is 0.134 e. The Balaban J connectivity index is 2.04. The van der Waals surface area contributed by atoms with Crippen LogP contribution in [0.5, 0.6) is 0 Å². The zero-order chi connectivity index (χ0) is 21.3. The fourth-order valence-corrected chi connectivity index (χ4v) is 4.88. The van der Waals surface area contributed by atoms with Gasteiger partial charge < -0.3 is 0 Å². The van der Waals surface area contributed by atoms with E-state index in [1.807, 2.05) is 26.6 Å². The second-order valence-corrected chi connectivity index (χ2v) is 13.4. The largest absolute Gasteiger partial charge is 0.207 e. The molecule has 29 heavy (non-hydrogen) atoms. The van der Waals surface area contributed by atoms with E-state index in [1.165, 1.54) is 18.2 Å². The molecular formula is C24H24F4Si. The minimum atomic E-state index is -1.86. The van der Waals surface area contributed by atoms with Gasteiger partial charge in [0.05, 0.1) is 13.6 Å². The van der Waals surface area contributed by atoms with E-state index in [9.17, 15) is 17.6 Å². The van der Waals surface area contributed by atoms with Gasteiger partial charge >= 0.3 is 0 Å². The number of rotatable bonds is 5. The molecule has 0 bridgehead atoms. The van der Waals surface area contributed by atoms with Crippen molar-refractivity contribution >= 4 is 13.3 Å². The van der Waals surface area contributed by atoms with Crippen LogP contribution in [0.4, 0.5) is 17.6 Å². The molecule has 5 heteroatoms. The third-order valence-corrected chi connectivity index (χ3v) is 7.02. The van der Waals surface area contributed by atoms with Crippen molar-refractivity contribution in [3.8, 4) is 22.3 Å². The first-order chi connectivity index (χ1) is 13.6. The summed E-state index contributed by atoms with van der Waals surface area (Å²) in [6, 6.07) is 11.3. The topological polar surface area (TPSA) is 0 Å². The average Bonchev–Trinajstić information content (AvgIpc) is 2.62. The maximum atomic E-state index is 14.8. The summed E-state index contributed by atoms with van der Waals surface area (Å²) in [7, 11) is -1.86. The van der Waals surface area contributed by atoms with Crippen molar-refractivity contribution < 1.29 is 17.6 Å². The summed E-state index contributed by atoms with van der Waals surface area (Å²) < 4.78 is 58.6. The van der Waals surface area contributed by atoms with Crippen LogP contribution < -0.4 is 5.19 Å². The monoisotopic (exact) mass is 416 g/mol. The van der Waals surface area contributed by atoms with Crippen LogP contribution in [-0.4, -0.2) is 8.07 Å². The third kappa shape index (κ3) is 4.45. The van der Waals surface area contributed by atoms with Gasteiger partial charge in [-0.1, -0.05) is 57.3 Å². The molecule has 3 aromatic carbocycles. The molecule has 0 heterocycles. The maximum Gasteiger partial charge on any atom is 0.134 e. The van der Waals surface area contributed by atoms with Crippen LogP contribution in [0.3, 0.4) is 0 Å². The molecule has 0 saturated heterocycles. The predicted molar refractivity (Wildman–Crippen MR) is 114 cm³/mol. The summed E-state index contributed by atoms with van der Waals surface area (Å²) in [5, 5.41) is 0.660. The highest BCUT2D eigenvalue weighted by Crippen LogP contribution is 2.33. The van der Waals surface area contributed by atoms with Crippen LogP contribution in [0.15, 0.2) is 48.5 Å². The fourth-order valence-electron chi connectivity index (χ4n) is 3.51. The Hall–Kier alpha value is -2.40. The van der Waals surface area contributed by atoms with Gasteiger partial charge in [-0.25, -0.2) is 17.6 Å². The SMILES string of the molecule is CCCc1ccc(-c2c(F)cc(-c3ccc([Si](C)(C)C)c(F)c3)cc2F)c(F)c1. The first-order valence-electron chi connectivity index (χ1n) is 9.70. The summed E-state index contributed by atoms with van der Waals surface area (Å²) in [6.07, 6.45) is 1.54. The van der Waals surface area contributed by atoms with Crippen LogP contribution in [-0.2, 0) is 6.42 Å². The molecule has 152 valence electrons. The highest BCUT2D eigenvalue weighted by atomic mass is 28.3. The van der Waals surface area contributed by atoms with Gasteiger partial charge in [-0.3, -0.25) is 0 Å². The molecule has 0 nitrogen and oxygen atoms in total. The zero-order valence-electron chi connectivity index (χ0n) is 17.0. The number of aryl methyl sites for hydroxylation is 1. The van der Waals surface area contributed by atoms with Crippen molar-refractivity contribution in [1.29, 1.82) is 0 Å². The van der Waals surface area contributed by atoms with E-state index in [0.717, 1.165) is 24.1 Å². The van der Waals surface area contributed by atoms with Gasteiger partial charge in [-0.2, -0.15) is 0 Å². The molecule has 0 saturated carbocycles. The minimum Gasteiger partial charge on any atom is -0.207 e. The standard InChI is InChI=1S/C24H24F4Si/c1-5-6-15-7-9-18(19(25)11-15)24-21(27)13-17(14-22(24)28)16-8-10-23(20(26)12-16)29(2,3)4/h7-14H,5-6H2,1-4H3. The predicted octanol–water partition coefficient (Wildman–Crippen LogP) is 7.07. The number of halogens is 4. The number of hydrogen-bond acceptors (Lipinski definition) is 0. The second kappa shape index (κ2) is 8.15. The third-order valence-electron chi connectivity index (χ3n) is 4.99. The van der Waals surface area contributed by atoms with E-state index in [2.05, 4.69) is 0 Å². The molecule has 0 amide bonds. The Morgan fingerprint density at radius 3 is 1.83 bits per heavy atom. The minimum absolute atomic E-state index is 0.119. The van der Waals surface area contributed by atoms with Crippen molar-refractivity contribution in [2.75, 3.05) is 0 Å². The van der Waals surface area contributed by atoms with Gasteiger partial charge in [0, 0.05) is 5.56 Å². The van der Waals surface area contributed by atoms with E-state index in [4.69, 9.17) is 0 Å². The summed E-state index contributed by atoms with van der Waals surface area (Å²) in [5.74, 6) is -2.79. The van der Waals surface area contributed by atoms with Crippen LogP contribution in [0.25, 0.3) is 22.3 Å². The van der Waals surface area contributed by atoms with Crippen LogP contribution >= 0.6 is 0 Å². The van der Waals surface area contributed by atoms with E-state index in [1.54, 1.807) is 18.2 Å². The molecule has 0 aliphatic carbocycles. The van der Waals surface area contributed by atoms with Crippen molar-refractivity contribution in [3.05, 3.63) is 77.4 Å². The van der Waals surface area contributed by atoms with Gasteiger partial charge in [0.2, 0.25) is 0 Å². The van der Waals surface area contributed by atoms with Gasteiger partial charge in [0.25, 0.3) is 0 Å². The lowest BCUT2D eigenvalue weighted by molar-refractivity contribution is 0.582.